The smallest absolute Gasteiger partial charge is 0.414 e. The van der Waals surface area contributed by atoms with Gasteiger partial charge in [-0.3, -0.25) is 4.90 Å². The third-order valence-corrected chi connectivity index (χ3v) is 5.19. The lowest BCUT2D eigenvalue weighted by atomic mass is 10.0. The van der Waals surface area contributed by atoms with Crippen LogP contribution in [0.25, 0.3) is 32.9 Å². The molecular formula is C21H19N3O3. The van der Waals surface area contributed by atoms with Gasteiger partial charge in [0.2, 0.25) is 0 Å². The predicted molar refractivity (Wildman–Crippen MR) is 104 cm³/mol. The number of aromatic nitrogens is 2. The lowest BCUT2D eigenvalue weighted by Gasteiger charge is -2.26. The second kappa shape index (κ2) is 5.87. The summed E-state index contributed by atoms with van der Waals surface area (Å²) < 4.78 is 10.5. The van der Waals surface area contributed by atoms with Crippen LogP contribution in [0.3, 0.4) is 0 Å². The van der Waals surface area contributed by atoms with Gasteiger partial charge in [-0.05, 0) is 50.1 Å². The van der Waals surface area contributed by atoms with Crippen molar-refractivity contribution in [2.45, 2.75) is 20.3 Å². The second-order valence-electron chi connectivity index (χ2n) is 6.93. The van der Waals surface area contributed by atoms with Crippen molar-refractivity contribution >= 4 is 33.6 Å². The molecule has 0 bridgehead atoms. The highest BCUT2D eigenvalue weighted by Gasteiger charge is 2.22. The van der Waals surface area contributed by atoms with Crippen molar-refractivity contribution in [1.29, 1.82) is 0 Å². The van der Waals surface area contributed by atoms with Crippen molar-refractivity contribution in [2.24, 2.45) is 0 Å². The minimum atomic E-state index is -0.277. The summed E-state index contributed by atoms with van der Waals surface area (Å²) in [6.07, 6.45) is 0.569. The van der Waals surface area contributed by atoms with Crippen LogP contribution in [0.5, 0.6) is 0 Å². The average Bonchev–Trinajstić information content (AvgIpc) is 3.20. The summed E-state index contributed by atoms with van der Waals surface area (Å²) in [4.78, 5) is 17.2. The van der Waals surface area contributed by atoms with Crippen molar-refractivity contribution in [3.8, 4) is 11.1 Å². The number of nitrogens with zero attached hydrogens (tertiary/aromatic N) is 2. The summed E-state index contributed by atoms with van der Waals surface area (Å²) in [6, 6.07) is 12.3. The molecule has 1 saturated heterocycles. The Bertz CT molecular complexity index is 1170. The Morgan fingerprint density at radius 2 is 1.96 bits per heavy atom. The van der Waals surface area contributed by atoms with E-state index in [4.69, 9.17) is 9.26 Å². The first-order chi connectivity index (χ1) is 13.1. The highest BCUT2D eigenvalue weighted by atomic mass is 16.6. The summed E-state index contributed by atoms with van der Waals surface area (Å²) in [7, 11) is 0. The SMILES string of the molecule is Cc1noc(C)c1-c1ccc2c(c1)[nH]c1ccc(N3CCCOC3=O)cc12. The highest BCUT2D eigenvalue weighted by molar-refractivity contribution is 6.10. The van der Waals surface area contributed by atoms with E-state index in [1.807, 2.05) is 26.0 Å². The van der Waals surface area contributed by atoms with E-state index in [0.717, 1.165) is 56.5 Å². The lowest BCUT2D eigenvalue weighted by molar-refractivity contribution is 0.140. The molecule has 1 N–H and O–H groups in total. The van der Waals surface area contributed by atoms with Crippen LogP contribution in [0.4, 0.5) is 10.5 Å². The fourth-order valence-electron chi connectivity index (χ4n) is 3.90. The molecule has 0 spiro atoms. The number of aromatic amines is 1. The summed E-state index contributed by atoms with van der Waals surface area (Å²) in [5, 5.41) is 6.26. The van der Waals surface area contributed by atoms with Crippen molar-refractivity contribution < 1.29 is 14.1 Å². The molecule has 2 aromatic carbocycles. The van der Waals surface area contributed by atoms with Gasteiger partial charge in [-0.2, -0.15) is 0 Å². The molecule has 27 heavy (non-hydrogen) atoms. The number of fused-ring (bicyclic) bond motifs is 3. The van der Waals surface area contributed by atoms with Crippen LogP contribution in [0, 0.1) is 13.8 Å². The first-order valence-corrected chi connectivity index (χ1v) is 9.05. The van der Waals surface area contributed by atoms with Gasteiger partial charge in [0.25, 0.3) is 0 Å². The van der Waals surface area contributed by atoms with E-state index in [0.29, 0.717) is 13.2 Å². The lowest BCUT2D eigenvalue weighted by Crippen LogP contribution is -2.37. The van der Waals surface area contributed by atoms with Crippen LogP contribution in [0.15, 0.2) is 40.9 Å². The average molecular weight is 361 g/mol. The van der Waals surface area contributed by atoms with E-state index < -0.39 is 0 Å². The molecule has 1 fully saturated rings. The highest BCUT2D eigenvalue weighted by Crippen LogP contribution is 2.34. The Labute approximate surface area is 155 Å². The first-order valence-electron chi connectivity index (χ1n) is 9.05. The summed E-state index contributed by atoms with van der Waals surface area (Å²) in [6.45, 7) is 5.05. The molecule has 0 radical (unpaired) electrons. The number of carbonyl (C=O) groups is 1. The number of nitrogens with one attached hydrogen (secondary N) is 1. The molecule has 136 valence electrons. The molecule has 3 heterocycles. The quantitative estimate of drug-likeness (QED) is 0.549. The Kier molecular flexibility index (Phi) is 3.47. The monoisotopic (exact) mass is 361 g/mol. The molecule has 5 rings (SSSR count). The molecule has 0 unspecified atom stereocenters. The maximum atomic E-state index is 12.1. The Balaban J connectivity index is 1.63. The zero-order valence-electron chi connectivity index (χ0n) is 15.2. The van der Waals surface area contributed by atoms with Gasteiger partial charge in [0, 0.05) is 39.6 Å². The number of ether oxygens (including phenoxy) is 1. The number of H-pyrrole nitrogens is 1. The van der Waals surface area contributed by atoms with Gasteiger partial charge in [-0.25, -0.2) is 4.79 Å². The number of benzene rings is 2. The van der Waals surface area contributed by atoms with E-state index in [2.05, 4.69) is 34.4 Å². The van der Waals surface area contributed by atoms with Crippen molar-refractivity contribution in [1.82, 2.24) is 10.1 Å². The van der Waals surface area contributed by atoms with Gasteiger partial charge in [-0.1, -0.05) is 17.3 Å². The number of hydrogen-bond acceptors (Lipinski definition) is 4. The molecule has 0 saturated carbocycles. The van der Waals surface area contributed by atoms with Crippen molar-refractivity contribution in [2.75, 3.05) is 18.1 Å². The third-order valence-electron chi connectivity index (χ3n) is 5.19. The Hall–Kier alpha value is -3.28. The molecule has 6 heteroatoms. The Morgan fingerprint density at radius 3 is 2.74 bits per heavy atom. The topological polar surface area (TPSA) is 71.4 Å². The van der Waals surface area contributed by atoms with E-state index in [-0.39, 0.29) is 6.09 Å². The zero-order valence-corrected chi connectivity index (χ0v) is 15.2. The number of carbonyl (C=O) groups excluding carboxylic acids is 1. The molecule has 4 aromatic rings. The van der Waals surface area contributed by atoms with Crippen LogP contribution < -0.4 is 4.90 Å². The molecule has 6 nitrogen and oxygen atoms in total. The van der Waals surface area contributed by atoms with Gasteiger partial charge in [0.05, 0.1) is 12.3 Å². The zero-order chi connectivity index (χ0) is 18.5. The minimum absolute atomic E-state index is 0.277. The van der Waals surface area contributed by atoms with E-state index in [9.17, 15) is 4.79 Å². The normalized spacial score (nSPS) is 14.9. The Morgan fingerprint density at radius 1 is 1.07 bits per heavy atom. The van der Waals surface area contributed by atoms with Gasteiger partial charge in [0.1, 0.15) is 5.76 Å². The third kappa shape index (κ3) is 2.48. The first kappa shape index (κ1) is 15.9. The van der Waals surface area contributed by atoms with Gasteiger partial charge < -0.3 is 14.2 Å². The fourth-order valence-corrected chi connectivity index (χ4v) is 3.90. The van der Waals surface area contributed by atoms with Crippen LogP contribution in [0.2, 0.25) is 0 Å². The molecule has 1 amide bonds. The van der Waals surface area contributed by atoms with Gasteiger partial charge >= 0.3 is 6.09 Å². The fraction of sp³-hybridized carbons (Fsp3) is 0.238. The number of anilines is 1. The van der Waals surface area contributed by atoms with Crippen LogP contribution in [-0.2, 0) is 4.74 Å². The molecule has 0 atom stereocenters. The molecule has 1 aliphatic rings. The molecule has 1 aliphatic heterocycles. The molecule has 2 aromatic heterocycles. The second-order valence-corrected chi connectivity index (χ2v) is 6.93. The maximum Gasteiger partial charge on any atom is 0.414 e. The van der Waals surface area contributed by atoms with E-state index in [1.165, 1.54) is 0 Å². The number of cyclic esters (lactones) is 1. The minimum Gasteiger partial charge on any atom is -0.449 e. The van der Waals surface area contributed by atoms with Crippen molar-refractivity contribution in [3.05, 3.63) is 47.9 Å². The van der Waals surface area contributed by atoms with Crippen LogP contribution in [0.1, 0.15) is 17.9 Å². The van der Waals surface area contributed by atoms with Crippen molar-refractivity contribution in [3.63, 3.8) is 0 Å². The number of hydrogen-bond donors (Lipinski definition) is 1. The summed E-state index contributed by atoms with van der Waals surface area (Å²) >= 11 is 0. The number of amides is 1. The maximum absolute atomic E-state index is 12.1. The van der Waals surface area contributed by atoms with Gasteiger partial charge in [-0.15, -0.1) is 0 Å². The van der Waals surface area contributed by atoms with Gasteiger partial charge in [0.15, 0.2) is 0 Å². The summed E-state index contributed by atoms with van der Waals surface area (Å²) in [5.74, 6) is 0.814. The number of aryl methyl sites for hydroxylation is 2. The standard InChI is InChI=1S/C21H19N3O3/c1-12-20(13(2)27-23-12)14-4-6-16-17-11-15(24-8-3-9-26-21(24)25)5-7-18(17)22-19(16)10-14/h4-7,10-11,22H,3,8-9H2,1-2H3. The number of rotatable bonds is 2. The van der Waals surface area contributed by atoms with E-state index in [1.54, 1.807) is 4.90 Å². The molecule has 0 aliphatic carbocycles. The van der Waals surface area contributed by atoms with E-state index >= 15 is 0 Å². The summed E-state index contributed by atoms with van der Waals surface area (Å²) in [5.41, 5.74) is 5.94. The predicted octanol–water partition coefficient (Wildman–Crippen LogP) is 4.94. The molecular weight excluding hydrogens is 342 g/mol. The van der Waals surface area contributed by atoms with Crippen LogP contribution in [-0.4, -0.2) is 29.4 Å². The largest absolute Gasteiger partial charge is 0.449 e. The van der Waals surface area contributed by atoms with Crippen LogP contribution >= 0.6 is 0 Å².